The standard InChI is InChI=1S/C14H14N4O/c1-10-5-3-4-6-11(10)7-13(19)16-14-12(8-15)9-18(2)17-14/h3-6,9H,7H2,1-2H3,(H,16,17,19). The summed E-state index contributed by atoms with van der Waals surface area (Å²) in [6.07, 6.45) is 1.84. The highest BCUT2D eigenvalue weighted by Crippen LogP contribution is 2.13. The normalized spacial score (nSPS) is 9.95. The molecule has 0 aliphatic heterocycles. The largest absolute Gasteiger partial charge is 0.308 e. The van der Waals surface area contributed by atoms with Crippen LogP contribution in [0.4, 0.5) is 5.82 Å². The van der Waals surface area contributed by atoms with E-state index in [1.54, 1.807) is 13.2 Å². The number of hydrogen-bond acceptors (Lipinski definition) is 3. The number of anilines is 1. The Kier molecular flexibility index (Phi) is 3.62. The molecular weight excluding hydrogens is 240 g/mol. The number of carbonyl (C=O) groups excluding carboxylic acids is 1. The topological polar surface area (TPSA) is 70.7 Å². The molecule has 0 aliphatic rings. The maximum atomic E-state index is 11.9. The molecule has 0 radical (unpaired) electrons. The van der Waals surface area contributed by atoms with Crippen molar-refractivity contribution in [3.8, 4) is 6.07 Å². The van der Waals surface area contributed by atoms with Gasteiger partial charge in [-0.2, -0.15) is 10.4 Å². The van der Waals surface area contributed by atoms with Crippen molar-refractivity contribution in [2.45, 2.75) is 13.3 Å². The number of rotatable bonds is 3. The van der Waals surface area contributed by atoms with Crippen molar-refractivity contribution in [2.24, 2.45) is 7.05 Å². The molecule has 19 heavy (non-hydrogen) atoms. The third-order valence-corrected chi connectivity index (χ3v) is 2.82. The van der Waals surface area contributed by atoms with Crippen LogP contribution in [0.1, 0.15) is 16.7 Å². The van der Waals surface area contributed by atoms with Crippen LogP contribution >= 0.6 is 0 Å². The average Bonchev–Trinajstić information content (AvgIpc) is 2.72. The molecule has 0 fully saturated rings. The van der Waals surface area contributed by atoms with Crippen molar-refractivity contribution < 1.29 is 4.79 Å². The van der Waals surface area contributed by atoms with Gasteiger partial charge in [-0.25, -0.2) is 0 Å². The molecule has 0 atom stereocenters. The Bertz CT molecular complexity index is 652. The predicted octanol–water partition coefficient (Wildman–Crippen LogP) is 1.78. The van der Waals surface area contributed by atoms with E-state index in [1.165, 1.54) is 4.68 Å². The van der Waals surface area contributed by atoms with Crippen LogP contribution < -0.4 is 5.32 Å². The number of carbonyl (C=O) groups is 1. The van der Waals surface area contributed by atoms with Crippen LogP contribution in [0, 0.1) is 18.3 Å². The molecule has 0 aliphatic carbocycles. The molecule has 2 rings (SSSR count). The van der Waals surface area contributed by atoms with E-state index in [9.17, 15) is 4.79 Å². The van der Waals surface area contributed by atoms with E-state index in [0.29, 0.717) is 11.4 Å². The molecule has 1 aromatic heterocycles. The van der Waals surface area contributed by atoms with Crippen molar-refractivity contribution in [3.63, 3.8) is 0 Å². The van der Waals surface area contributed by atoms with Crippen molar-refractivity contribution >= 4 is 11.7 Å². The van der Waals surface area contributed by atoms with Crippen molar-refractivity contribution in [2.75, 3.05) is 5.32 Å². The summed E-state index contributed by atoms with van der Waals surface area (Å²) >= 11 is 0. The third-order valence-electron chi connectivity index (χ3n) is 2.82. The molecule has 1 amide bonds. The van der Waals surface area contributed by atoms with Gasteiger partial charge in [-0.05, 0) is 18.1 Å². The summed E-state index contributed by atoms with van der Waals surface area (Å²) in [4.78, 5) is 11.9. The fourth-order valence-electron chi connectivity index (χ4n) is 1.82. The number of aryl methyl sites for hydroxylation is 2. The highest BCUT2D eigenvalue weighted by atomic mass is 16.1. The minimum Gasteiger partial charge on any atom is -0.308 e. The first kappa shape index (κ1) is 12.8. The van der Waals surface area contributed by atoms with Crippen LogP contribution in [0.3, 0.4) is 0 Å². The summed E-state index contributed by atoms with van der Waals surface area (Å²) in [6, 6.07) is 9.71. The molecule has 5 nitrogen and oxygen atoms in total. The van der Waals surface area contributed by atoms with Crippen LogP contribution in [-0.2, 0) is 18.3 Å². The van der Waals surface area contributed by atoms with Crippen LogP contribution in [0.5, 0.6) is 0 Å². The summed E-state index contributed by atoms with van der Waals surface area (Å²) in [6.45, 7) is 1.96. The second-order valence-electron chi connectivity index (χ2n) is 4.33. The van der Waals surface area contributed by atoms with Gasteiger partial charge in [0.1, 0.15) is 11.6 Å². The van der Waals surface area contributed by atoms with E-state index < -0.39 is 0 Å². The monoisotopic (exact) mass is 254 g/mol. The van der Waals surface area contributed by atoms with Crippen molar-refractivity contribution in [1.82, 2.24) is 9.78 Å². The predicted molar refractivity (Wildman–Crippen MR) is 71.4 cm³/mol. The van der Waals surface area contributed by atoms with Crippen LogP contribution in [0.2, 0.25) is 0 Å². The van der Waals surface area contributed by atoms with Crippen LogP contribution in [0.15, 0.2) is 30.5 Å². The Hall–Kier alpha value is -2.61. The molecule has 0 unspecified atom stereocenters. The molecule has 0 bridgehead atoms. The molecule has 5 heteroatoms. The lowest BCUT2D eigenvalue weighted by Crippen LogP contribution is -2.16. The Morgan fingerprint density at radius 2 is 2.21 bits per heavy atom. The molecular formula is C14H14N4O. The molecule has 96 valence electrons. The van der Waals surface area contributed by atoms with E-state index in [0.717, 1.165) is 11.1 Å². The lowest BCUT2D eigenvalue weighted by Gasteiger charge is -2.05. The van der Waals surface area contributed by atoms with Crippen LogP contribution in [-0.4, -0.2) is 15.7 Å². The maximum Gasteiger partial charge on any atom is 0.230 e. The van der Waals surface area contributed by atoms with Gasteiger partial charge >= 0.3 is 0 Å². The average molecular weight is 254 g/mol. The lowest BCUT2D eigenvalue weighted by atomic mass is 10.1. The number of hydrogen-bond donors (Lipinski definition) is 1. The SMILES string of the molecule is Cc1ccccc1CC(=O)Nc1nn(C)cc1C#N. The van der Waals surface area contributed by atoms with E-state index in [4.69, 9.17) is 5.26 Å². The summed E-state index contributed by atoms with van der Waals surface area (Å²) in [5.74, 6) is 0.132. The quantitative estimate of drug-likeness (QED) is 0.907. The van der Waals surface area contributed by atoms with Gasteiger partial charge in [0.2, 0.25) is 5.91 Å². The van der Waals surface area contributed by atoms with Gasteiger partial charge in [0.25, 0.3) is 0 Å². The lowest BCUT2D eigenvalue weighted by molar-refractivity contribution is -0.115. The number of nitrogens with zero attached hydrogens (tertiary/aromatic N) is 3. The van der Waals surface area contributed by atoms with Gasteiger partial charge in [-0.1, -0.05) is 24.3 Å². The number of benzene rings is 1. The first-order valence-electron chi connectivity index (χ1n) is 5.88. The smallest absolute Gasteiger partial charge is 0.230 e. The van der Waals surface area contributed by atoms with Gasteiger partial charge < -0.3 is 5.32 Å². The first-order valence-corrected chi connectivity index (χ1v) is 5.88. The Morgan fingerprint density at radius 1 is 1.47 bits per heavy atom. The fraction of sp³-hybridized carbons (Fsp3) is 0.214. The van der Waals surface area contributed by atoms with Crippen molar-refractivity contribution in [1.29, 1.82) is 5.26 Å². The van der Waals surface area contributed by atoms with Gasteiger partial charge in [0.15, 0.2) is 5.82 Å². The van der Waals surface area contributed by atoms with E-state index in [1.807, 2.05) is 37.3 Å². The van der Waals surface area contributed by atoms with Gasteiger partial charge in [-0.15, -0.1) is 0 Å². The minimum atomic E-state index is -0.176. The zero-order chi connectivity index (χ0) is 13.8. The molecule has 0 saturated carbocycles. The van der Waals surface area contributed by atoms with E-state index in [-0.39, 0.29) is 12.3 Å². The minimum absolute atomic E-state index is 0.176. The Balaban J connectivity index is 2.10. The second-order valence-corrected chi connectivity index (χ2v) is 4.33. The van der Waals surface area contributed by atoms with Gasteiger partial charge in [0, 0.05) is 13.2 Å². The van der Waals surface area contributed by atoms with Crippen molar-refractivity contribution in [3.05, 3.63) is 47.2 Å². The third kappa shape index (κ3) is 2.99. The maximum absolute atomic E-state index is 11.9. The Morgan fingerprint density at radius 3 is 2.89 bits per heavy atom. The van der Waals surface area contributed by atoms with E-state index in [2.05, 4.69) is 10.4 Å². The molecule has 1 N–H and O–H groups in total. The molecule has 0 spiro atoms. The number of aromatic nitrogens is 2. The van der Waals surface area contributed by atoms with E-state index >= 15 is 0 Å². The van der Waals surface area contributed by atoms with Gasteiger partial charge in [-0.3, -0.25) is 9.48 Å². The summed E-state index contributed by atoms with van der Waals surface area (Å²) in [5.41, 5.74) is 2.40. The summed E-state index contributed by atoms with van der Waals surface area (Å²) in [5, 5.41) is 15.6. The summed E-state index contributed by atoms with van der Waals surface area (Å²) < 4.78 is 1.50. The molecule has 1 heterocycles. The Labute approximate surface area is 111 Å². The zero-order valence-electron chi connectivity index (χ0n) is 10.8. The molecule has 1 aromatic carbocycles. The summed E-state index contributed by atoms with van der Waals surface area (Å²) in [7, 11) is 1.71. The fourth-order valence-corrected chi connectivity index (χ4v) is 1.82. The highest BCUT2D eigenvalue weighted by molar-refractivity contribution is 5.92. The molecule has 0 saturated heterocycles. The molecule has 2 aromatic rings. The highest BCUT2D eigenvalue weighted by Gasteiger charge is 2.11. The van der Waals surface area contributed by atoms with Gasteiger partial charge in [0.05, 0.1) is 6.42 Å². The number of amides is 1. The first-order chi connectivity index (χ1) is 9.10. The number of nitrogens with one attached hydrogen (secondary N) is 1. The zero-order valence-corrected chi connectivity index (χ0v) is 10.8. The van der Waals surface area contributed by atoms with Crippen LogP contribution in [0.25, 0.3) is 0 Å². The number of nitriles is 1. The second kappa shape index (κ2) is 5.36.